The van der Waals surface area contributed by atoms with Crippen LogP contribution in [0.5, 0.6) is 0 Å². The summed E-state index contributed by atoms with van der Waals surface area (Å²) in [4.78, 5) is 4.22. The van der Waals surface area contributed by atoms with E-state index < -0.39 is 0 Å². The standard InChI is InChI=1S/C11H14N2S/c1-8(2)7-14-11-10(6-12)9(3)4-5-13-11/h4-5,8H,7H2,1-3H3. The Hall–Kier alpha value is -1.01. The summed E-state index contributed by atoms with van der Waals surface area (Å²) in [5, 5.41) is 9.82. The number of nitriles is 1. The minimum Gasteiger partial charge on any atom is -0.249 e. The molecule has 0 bridgehead atoms. The van der Waals surface area contributed by atoms with Crippen molar-refractivity contribution in [1.29, 1.82) is 5.26 Å². The number of aromatic nitrogens is 1. The van der Waals surface area contributed by atoms with Crippen LogP contribution in [0.15, 0.2) is 17.3 Å². The monoisotopic (exact) mass is 206 g/mol. The molecule has 0 amide bonds. The summed E-state index contributed by atoms with van der Waals surface area (Å²) >= 11 is 1.66. The van der Waals surface area contributed by atoms with E-state index in [0.29, 0.717) is 5.92 Å². The Morgan fingerprint density at radius 3 is 2.86 bits per heavy atom. The van der Waals surface area contributed by atoms with Crippen molar-refractivity contribution in [3.63, 3.8) is 0 Å². The SMILES string of the molecule is Cc1ccnc(SCC(C)C)c1C#N. The molecule has 0 fully saturated rings. The van der Waals surface area contributed by atoms with E-state index in [1.54, 1.807) is 18.0 Å². The molecule has 1 rings (SSSR count). The maximum absolute atomic E-state index is 8.96. The van der Waals surface area contributed by atoms with Gasteiger partial charge in [0.15, 0.2) is 0 Å². The van der Waals surface area contributed by atoms with E-state index in [-0.39, 0.29) is 0 Å². The van der Waals surface area contributed by atoms with Crippen molar-refractivity contribution in [3.05, 3.63) is 23.4 Å². The maximum atomic E-state index is 8.96. The summed E-state index contributed by atoms with van der Waals surface area (Å²) in [7, 11) is 0. The van der Waals surface area contributed by atoms with Crippen LogP contribution in [0, 0.1) is 24.2 Å². The van der Waals surface area contributed by atoms with E-state index in [9.17, 15) is 0 Å². The van der Waals surface area contributed by atoms with Gasteiger partial charge in [-0.05, 0) is 24.5 Å². The molecular formula is C11H14N2S. The molecule has 1 heterocycles. The van der Waals surface area contributed by atoms with Crippen molar-refractivity contribution in [3.8, 4) is 6.07 Å². The summed E-state index contributed by atoms with van der Waals surface area (Å²) in [5.74, 6) is 1.62. The van der Waals surface area contributed by atoms with Crippen molar-refractivity contribution in [2.75, 3.05) is 5.75 Å². The van der Waals surface area contributed by atoms with Crippen LogP contribution in [-0.2, 0) is 0 Å². The van der Waals surface area contributed by atoms with Crippen LogP contribution in [0.4, 0.5) is 0 Å². The van der Waals surface area contributed by atoms with Gasteiger partial charge in [-0.2, -0.15) is 5.26 Å². The zero-order valence-corrected chi connectivity index (χ0v) is 9.56. The third kappa shape index (κ3) is 2.74. The van der Waals surface area contributed by atoms with Gasteiger partial charge in [-0.15, -0.1) is 11.8 Å². The van der Waals surface area contributed by atoms with Crippen LogP contribution in [0.3, 0.4) is 0 Å². The second kappa shape index (κ2) is 5.02. The van der Waals surface area contributed by atoms with Gasteiger partial charge in [0.05, 0.1) is 5.56 Å². The largest absolute Gasteiger partial charge is 0.249 e. The summed E-state index contributed by atoms with van der Waals surface area (Å²) in [6.07, 6.45) is 1.76. The van der Waals surface area contributed by atoms with E-state index in [2.05, 4.69) is 24.9 Å². The molecule has 0 atom stereocenters. The second-order valence-corrected chi connectivity index (χ2v) is 4.63. The Bertz CT molecular complexity index is 353. The molecular weight excluding hydrogens is 192 g/mol. The van der Waals surface area contributed by atoms with Crippen LogP contribution in [0.2, 0.25) is 0 Å². The van der Waals surface area contributed by atoms with Crippen LogP contribution in [0.25, 0.3) is 0 Å². The van der Waals surface area contributed by atoms with Gasteiger partial charge < -0.3 is 0 Å². The van der Waals surface area contributed by atoms with Gasteiger partial charge in [-0.1, -0.05) is 13.8 Å². The number of hydrogen-bond acceptors (Lipinski definition) is 3. The molecule has 0 unspecified atom stereocenters. The molecule has 0 aliphatic carbocycles. The zero-order valence-electron chi connectivity index (χ0n) is 8.74. The van der Waals surface area contributed by atoms with E-state index in [1.807, 2.05) is 13.0 Å². The molecule has 0 aliphatic rings. The fourth-order valence-electron chi connectivity index (χ4n) is 1.02. The predicted octanol–water partition coefficient (Wildman–Crippen LogP) is 3.01. The normalized spacial score (nSPS) is 10.2. The first-order valence-corrected chi connectivity index (χ1v) is 5.62. The molecule has 0 spiro atoms. The Morgan fingerprint density at radius 1 is 1.57 bits per heavy atom. The lowest BCUT2D eigenvalue weighted by molar-refractivity contribution is 0.749. The van der Waals surface area contributed by atoms with Crippen molar-refractivity contribution < 1.29 is 0 Å². The second-order valence-electron chi connectivity index (χ2n) is 3.62. The molecule has 1 aromatic heterocycles. The highest BCUT2D eigenvalue weighted by Crippen LogP contribution is 2.23. The van der Waals surface area contributed by atoms with Crippen LogP contribution in [-0.4, -0.2) is 10.7 Å². The third-order valence-electron chi connectivity index (χ3n) is 1.79. The summed E-state index contributed by atoms with van der Waals surface area (Å²) < 4.78 is 0. The Labute approximate surface area is 89.4 Å². The minimum atomic E-state index is 0.619. The minimum absolute atomic E-state index is 0.619. The number of nitrogens with zero attached hydrogens (tertiary/aromatic N) is 2. The van der Waals surface area contributed by atoms with Crippen molar-refractivity contribution in [2.45, 2.75) is 25.8 Å². The van der Waals surface area contributed by atoms with E-state index in [0.717, 1.165) is 21.9 Å². The lowest BCUT2D eigenvalue weighted by Crippen LogP contribution is -1.95. The third-order valence-corrected chi connectivity index (χ3v) is 3.21. The highest BCUT2D eigenvalue weighted by atomic mass is 32.2. The molecule has 0 N–H and O–H groups in total. The topological polar surface area (TPSA) is 36.7 Å². The molecule has 0 saturated heterocycles. The Kier molecular flexibility index (Phi) is 3.97. The highest BCUT2D eigenvalue weighted by Gasteiger charge is 2.07. The van der Waals surface area contributed by atoms with Crippen LogP contribution in [0.1, 0.15) is 25.0 Å². The van der Waals surface area contributed by atoms with Gasteiger partial charge in [-0.3, -0.25) is 0 Å². The van der Waals surface area contributed by atoms with E-state index in [4.69, 9.17) is 5.26 Å². The average molecular weight is 206 g/mol. The first-order valence-electron chi connectivity index (χ1n) is 4.63. The molecule has 14 heavy (non-hydrogen) atoms. The number of hydrogen-bond donors (Lipinski definition) is 0. The first kappa shape index (κ1) is 11.1. The Morgan fingerprint density at radius 2 is 2.29 bits per heavy atom. The number of pyridine rings is 1. The summed E-state index contributed by atoms with van der Waals surface area (Å²) in [5.41, 5.74) is 1.73. The van der Waals surface area contributed by atoms with Crippen molar-refractivity contribution >= 4 is 11.8 Å². The number of rotatable bonds is 3. The lowest BCUT2D eigenvalue weighted by atomic mass is 10.2. The maximum Gasteiger partial charge on any atom is 0.114 e. The van der Waals surface area contributed by atoms with Gasteiger partial charge in [0.25, 0.3) is 0 Å². The number of thioether (sulfide) groups is 1. The molecule has 3 heteroatoms. The van der Waals surface area contributed by atoms with Gasteiger partial charge in [0.1, 0.15) is 11.1 Å². The molecule has 0 aliphatic heterocycles. The lowest BCUT2D eigenvalue weighted by Gasteiger charge is -2.06. The Balaban J connectivity index is 2.87. The van der Waals surface area contributed by atoms with E-state index >= 15 is 0 Å². The molecule has 2 nitrogen and oxygen atoms in total. The molecule has 1 aromatic rings. The van der Waals surface area contributed by atoms with Crippen LogP contribution < -0.4 is 0 Å². The van der Waals surface area contributed by atoms with Gasteiger partial charge in [-0.25, -0.2) is 4.98 Å². The van der Waals surface area contributed by atoms with Crippen molar-refractivity contribution in [1.82, 2.24) is 4.98 Å². The van der Waals surface area contributed by atoms with Gasteiger partial charge in [0, 0.05) is 11.9 Å². The molecule has 0 aromatic carbocycles. The average Bonchev–Trinajstić information content (AvgIpc) is 2.14. The molecule has 0 radical (unpaired) electrons. The number of aryl methyl sites for hydroxylation is 1. The molecule has 74 valence electrons. The van der Waals surface area contributed by atoms with Gasteiger partial charge >= 0.3 is 0 Å². The van der Waals surface area contributed by atoms with Gasteiger partial charge in [0.2, 0.25) is 0 Å². The summed E-state index contributed by atoms with van der Waals surface area (Å²) in [6.45, 7) is 6.27. The fraction of sp³-hybridized carbons (Fsp3) is 0.455. The highest BCUT2D eigenvalue weighted by molar-refractivity contribution is 7.99. The first-order chi connectivity index (χ1) is 6.65. The van der Waals surface area contributed by atoms with E-state index in [1.165, 1.54) is 0 Å². The molecule has 0 saturated carbocycles. The van der Waals surface area contributed by atoms with Crippen LogP contribution >= 0.6 is 11.8 Å². The quantitative estimate of drug-likeness (QED) is 0.713. The summed E-state index contributed by atoms with van der Waals surface area (Å²) in [6, 6.07) is 4.08. The smallest absolute Gasteiger partial charge is 0.114 e. The fourth-order valence-corrected chi connectivity index (χ4v) is 2.00. The predicted molar refractivity (Wildman–Crippen MR) is 59.3 cm³/mol. The zero-order chi connectivity index (χ0) is 10.6. The van der Waals surface area contributed by atoms with Crippen molar-refractivity contribution in [2.24, 2.45) is 5.92 Å².